The van der Waals surface area contributed by atoms with Gasteiger partial charge in [0.2, 0.25) is 5.91 Å². The number of methoxy groups -OCH3 is 1. The van der Waals surface area contributed by atoms with Crippen LogP contribution < -0.4 is 21.3 Å². The Kier molecular flexibility index (Phi) is 7.47. The van der Waals surface area contributed by atoms with Gasteiger partial charge in [0.1, 0.15) is 11.6 Å². The van der Waals surface area contributed by atoms with Crippen LogP contribution in [0.2, 0.25) is 0 Å². The molecular formula is C23H19F3N6O4S. The number of nitrogens with zero attached hydrogens (tertiary/aromatic N) is 3. The molecule has 0 unspecified atom stereocenters. The number of rotatable bonds is 8. The summed E-state index contributed by atoms with van der Waals surface area (Å²) < 4.78 is 45.7. The number of aromatic amines is 2. The number of hydrogen-bond acceptors (Lipinski definition) is 7. The summed E-state index contributed by atoms with van der Waals surface area (Å²) in [4.78, 5) is 40.5. The van der Waals surface area contributed by atoms with Gasteiger partial charge in [0, 0.05) is 29.6 Å². The molecule has 37 heavy (non-hydrogen) atoms. The second-order valence-corrected chi connectivity index (χ2v) is 8.58. The van der Waals surface area contributed by atoms with Crippen molar-refractivity contribution in [3.8, 4) is 11.4 Å². The number of alkyl halides is 3. The average Bonchev–Trinajstić information content (AvgIpc) is 3.24. The Morgan fingerprint density at radius 1 is 1.08 bits per heavy atom. The van der Waals surface area contributed by atoms with Crippen molar-refractivity contribution in [3.05, 3.63) is 92.5 Å². The number of amides is 1. The van der Waals surface area contributed by atoms with Gasteiger partial charge in [0.05, 0.1) is 18.4 Å². The molecule has 4 rings (SSSR count). The number of aromatic nitrogens is 5. The summed E-state index contributed by atoms with van der Waals surface area (Å²) in [7, 11) is 1.52. The SMILES string of the molecule is COc1ccc(-n2c(Cc3cc(=O)[nH]c(=O)[nH]3)nnc2SCC(=O)Nc2cccc(C(F)(F)F)c2)cc1. The fourth-order valence-electron chi connectivity index (χ4n) is 3.38. The van der Waals surface area contributed by atoms with Crippen molar-refractivity contribution in [3.63, 3.8) is 0 Å². The van der Waals surface area contributed by atoms with E-state index in [1.807, 2.05) is 0 Å². The minimum Gasteiger partial charge on any atom is -0.497 e. The number of nitrogens with one attached hydrogen (secondary N) is 3. The monoisotopic (exact) mass is 532 g/mol. The van der Waals surface area contributed by atoms with Crippen molar-refractivity contribution in [1.29, 1.82) is 0 Å². The van der Waals surface area contributed by atoms with Crippen molar-refractivity contribution >= 4 is 23.4 Å². The highest BCUT2D eigenvalue weighted by Gasteiger charge is 2.30. The van der Waals surface area contributed by atoms with E-state index in [4.69, 9.17) is 4.74 Å². The molecule has 0 fully saturated rings. The molecule has 0 saturated carbocycles. The molecule has 0 saturated heterocycles. The summed E-state index contributed by atoms with van der Waals surface area (Å²) in [5.74, 6) is 0.250. The van der Waals surface area contributed by atoms with Crippen LogP contribution in [0.4, 0.5) is 18.9 Å². The Bertz CT molecular complexity index is 1500. The van der Waals surface area contributed by atoms with E-state index < -0.39 is 28.9 Å². The van der Waals surface area contributed by atoms with Crippen LogP contribution in [0.5, 0.6) is 5.75 Å². The molecule has 0 aliphatic carbocycles. The molecule has 3 N–H and O–H groups in total. The van der Waals surface area contributed by atoms with Crippen LogP contribution in [0.3, 0.4) is 0 Å². The zero-order valence-corrected chi connectivity index (χ0v) is 19.9. The molecule has 0 bridgehead atoms. The molecule has 192 valence electrons. The second-order valence-electron chi connectivity index (χ2n) is 7.64. The Morgan fingerprint density at radius 3 is 2.51 bits per heavy atom. The van der Waals surface area contributed by atoms with Crippen LogP contribution in [0.1, 0.15) is 17.1 Å². The van der Waals surface area contributed by atoms with Gasteiger partial charge in [-0.25, -0.2) is 4.79 Å². The second kappa shape index (κ2) is 10.7. The lowest BCUT2D eigenvalue weighted by molar-refractivity contribution is -0.137. The molecule has 10 nitrogen and oxygen atoms in total. The van der Waals surface area contributed by atoms with Gasteiger partial charge < -0.3 is 15.0 Å². The third kappa shape index (κ3) is 6.46. The first kappa shape index (κ1) is 25.8. The highest BCUT2D eigenvalue weighted by Crippen LogP contribution is 2.31. The molecule has 4 aromatic rings. The number of anilines is 1. The third-order valence-corrected chi connectivity index (χ3v) is 5.93. The van der Waals surface area contributed by atoms with Crippen LogP contribution in [0, 0.1) is 0 Å². The van der Waals surface area contributed by atoms with Crippen molar-refractivity contribution < 1.29 is 22.7 Å². The maximum absolute atomic E-state index is 12.9. The van der Waals surface area contributed by atoms with Gasteiger partial charge in [0.25, 0.3) is 5.56 Å². The van der Waals surface area contributed by atoms with Crippen LogP contribution in [-0.4, -0.2) is 43.5 Å². The fourth-order valence-corrected chi connectivity index (χ4v) is 4.16. The topological polar surface area (TPSA) is 135 Å². The number of benzene rings is 2. The lowest BCUT2D eigenvalue weighted by Crippen LogP contribution is -2.23. The van der Waals surface area contributed by atoms with Crippen molar-refractivity contribution in [2.75, 3.05) is 18.2 Å². The predicted molar refractivity (Wildman–Crippen MR) is 129 cm³/mol. The van der Waals surface area contributed by atoms with Crippen LogP contribution in [0.25, 0.3) is 5.69 Å². The van der Waals surface area contributed by atoms with Crippen LogP contribution in [0.15, 0.2) is 69.3 Å². The first-order valence-electron chi connectivity index (χ1n) is 10.6. The molecule has 14 heteroatoms. The standard InChI is InChI=1S/C23H19F3N6O4S/c1-36-17-7-5-16(6-8-17)32-18(10-15-11-19(33)29-21(35)28-15)30-31-22(32)37-12-20(34)27-14-4-2-3-13(9-14)23(24,25)26/h2-9,11H,10,12H2,1H3,(H,27,34)(H2,28,29,33,35). The Balaban J connectivity index is 1.57. The zero-order chi connectivity index (χ0) is 26.6. The lowest BCUT2D eigenvalue weighted by Gasteiger charge is -2.12. The molecule has 0 radical (unpaired) electrons. The third-order valence-electron chi connectivity index (χ3n) is 5.00. The number of carbonyl (C=O) groups excluding carboxylic acids is 1. The highest BCUT2D eigenvalue weighted by molar-refractivity contribution is 7.99. The first-order valence-corrected chi connectivity index (χ1v) is 11.6. The molecular weight excluding hydrogens is 513 g/mol. The molecule has 1 amide bonds. The quantitative estimate of drug-likeness (QED) is 0.297. The normalized spacial score (nSPS) is 11.4. The van der Waals surface area contributed by atoms with Gasteiger partial charge in [-0.2, -0.15) is 13.2 Å². The van der Waals surface area contributed by atoms with Crippen molar-refractivity contribution in [2.24, 2.45) is 0 Å². The maximum atomic E-state index is 12.9. The summed E-state index contributed by atoms with van der Waals surface area (Å²) >= 11 is 1.01. The Hall–Kier alpha value is -4.33. The molecule has 0 aliphatic rings. The number of carbonyl (C=O) groups is 1. The zero-order valence-electron chi connectivity index (χ0n) is 19.1. The van der Waals surface area contributed by atoms with Gasteiger partial charge in [-0.15, -0.1) is 10.2 Å². The minimum absolute atomic E-state index is 0.0102. The smallest absolute Gasteiger partial charge is 0.416 e. The van der Waals surface area contributed by atoms with E-state index in [0.717, 1.165) is 23.9 Å². The Labute approximate surface area is 210 Å². The van der Waals surface area contributed by atoms with Gasteiger partial charge in [-0.05, 0) is 42.5 Å². The maximum Gasteiger partial charge on any atom is 0.416 e. The van der Waals surface area contributed by atoms with E-state index in [0.29, 0.717) is 28.1 Å². The Morgan fingerprint density at radius 2 is 1.84 bits per heavy atom. The minimum atomic E-state index is -4.53. The highest BCUT2D eigenvalue weighted by atomic mass is 32.2. The van der Waals surface area contributed by atoms with E-state index in [9.17, 15) is 27.6 Å². The predicted octanol–water partition coefficient (Wildman–Crippen LogP) is 2.99. The van der Waals surface area contributed by atoms with Crippen LogP contribution in [-0.2, 0) is 17.4 Å². The summed E-state index contributed by atoms with van der Waals surface area (Å²) in [6.45, 7) is 0. The summed E-state index contributed by atoms with van der Waals surface area (Å²) in [6, 6.07) is 12.4. The summed E-state index contributed by atoms with van der Waals surface area (Å²) in [6.07, 6.45) is -4.48. The van der Waals surface area contributed by atoms with Crippen molar-refractivity contribution in [2.45, 2.75) is 17.8 Å². The molecule has 2 aromatic carbocycles. The van der Waals surface area contributed by atoms with Gasteiger partial charge in [0.15, 0.2) is 5.16 Å². The number of H-pyrrole nitrogens is 2. The number of thioether (sulfide) groups is 1. The van der Waals surface area contributed by atoms with E-state index in [1.54, 1.807) is 28.8 Å². The van der Waals surface area contributed by atoms with E-state index >= 15 is 0 Å². The largest absolute Gasteiger partial charge is 0.497 e. The molecule has 0 atom stereocenters. The summed E-state index contributed by atoms with van der Waals surface area (Å²) in [5.41, 5.74) is -1.19. The van der Waals surface area contributed by atoms with Crippen molar-refractivity contribution in [1.82, 2.24) is 24.7 Å². The average molecular weight is 533 g/mol. The van der Waals surface area contributed by atoms with E-state index in [2.05, 4.69) is 25.5 Å². The molecule has 0 spiro atoms. The molecule has 0 aliphatic heterocycles. The van der Waals surface area contributed by atoms with Gasteiger partial charge >= 0.3 is 11.9 Å². The molecule has 2 heterocycles. The molecule has 2 aromatic heterocycles. The first-order chi connectivity index (χ1) is 17.6. The van der Waals surface area contributed by atoms with Gasteiger partial charge in [-0.1, -0.05) is 17.8 Å². The number of halogens is 3. The lowest BCUT2D eigenvalue weighted by atomic mass is 10.2. The van der Waals surface area contributed by atoms with Gasteiger partial charge in [-0.3, -0.25) is 19.1 Å². The summed E-state index contributed by atoms with van der Waals surface area (Å²) in [5, 5.41) is 11.1. The van der Waals surface area contributed by atoms with Crippen LogP contribution >= 0.6 is 11.8 Å². The number of hydrogen-bond donors (Lipinski definition) is 3. The van der Waals surface area contributed by atoms with E-state index in [-0.39, 0.29) is 17.9 Å². The van der Waals surface area contributed by atoms with E-state index in [1.165, 1.54) is 25.3 Å². The number of ether oxygens (including phenoxy) is 1. The fraction of sp³-hybridized carbons (Fsp3) is 0.174.